The van der Waals surface area contributed by atoms with Crippen molar-refractivity contribution in [2.45, 2.75) is 110 Å². The number of esters is 10. The van der Waals surface area contributed by atoms with Gasteiger partial charge in [-0.05, 0) is 128 Å². The van der Waals surface area contributed by atoms with Crippen LogP contribution in [0.2, 0.25) is 0 Å². The van der Waals surface area contributed by atoms with Crippen LogP contribution in [-0.2, 0) is 89.4 Å². The predicted molar refractivity (Wildman–Crippen MR) is 432 cm³/mol. The van der Waals surface area contributed by atoms with E-state index in [9.17, 15) is 33.6 Å². The molecule has 0 N–H and O–H groups in total. The highest BCUT2D eigenvalue weighted by molar-refractivity contribution is 7.99. The Balaban J connectivity index is 0.912. The molecule has 10 aromatic carbocycles. The fourth-order valence-electron chi connectivity index (χ4n) is 13.6. The summed E-state index contributed by atoms with van der Waals surface area (Å²) >= 11 is 1.04. The zero-order valence-electron chi connectivity index (χ0n) is 65.5. The molecule has 1 aromatic heterocycles. The molecule has 3 aliphatic rings. The van der Waals surface area contributed by atoms with E-state index >= 15 is 14.4 Å². The number of imidazole rings is 1. The Morgan fingerprint density at radius 1 is 0.311 bits per heavy atom. The van der Waals surface area contributed by atoms with Crippen molar-refractivity contribution in [3.05, 3.63) is 372 Å². The fourth-order valence-corrected chi connectivity index (χ4v) is 14.7. The minimum absolute atomic E-state index is 0.00483. The van der Waals surface area contributed by atoms with E-state index in [0.29, 0.717) is 4.90 Å². The van der Waals surface area contributed by atoms with Crippen LogP contribution in [0.15, 0.2) is 321 Å². The number of rotatable bonds is 30. The highest BCUT2D eigenvalue weighted by atomic mass is 32.2. The number of carbonyl (C=O) groups is 10. The van der Waals surface area contributed by atoms with Crippen molar-refractivity contribution >= 4 is 71.5 Å². The second-order valence-electron chi connectivity index (χ2n) is 28.3. The third-order valence-electron chi connectivity index (χ3n) is 19.7. The van der Waals surface area contributed by atoms with Crippen molar-refractivity contribution in [1.29, 1.82) is 0 Å². The van der Waals surface area contributed by atoms with Crippen LogP contribution in [0.5, 0.6) is 0 Å². The van der Waals surface area contributed by atoms with E-state index in [2.05, 4.69) is 0 Å². The first-order chi connectivity index (χ1) is 59.4. The number of hydrogen-bond donors (Lipinski definition) is 0. The molecule has 0 spiro atoms. The summed E-state index contributed by atoms with van der Waals surface area (Å²) < 4.78 is 102. The normalized spacial score (nSPS) is 22.2. The molecule has 0 aliphatic carbocycles. The molecule has 3 fully saturated rings. The summed E-state index contributed by atoms with van der Waals surface area (Å²) in [6.45, 7) is -1.08. The van der Waals surface area contributed by atoms with Crippen molar-refractivity contribution in [3.8, 4) is 0 Å². The molecule has 0 radical (unpaired) electrons. The monoisotopic (exact) mass is 1670 g/mol. The molecule has 27 nitrogen and oxygen atoms in total. The molecule has 622 valence electrons. The van der Waals surface area contributed by atoms with Crippen LogP contribution < -0.4 is 4.57 Å². The van der Waals surface area contributed by atoms with Crippen LogP contribution in [-0.4, -0.2) is 175 Å². The molecular weight excluding hydrogens is 1590 g/mol. The molecule has 28 heteroatoms. The summed E-state index contributed by atoms with van der Waals surface area (Å²) in [7, 11) is 1.74. The van der Waals surface area contributed by atoms with Gasteiger partial charge in [-0.1, -0.05) is 193 Å². The highest BCUT2D eigenvalue weighted by Gasteiger charge is 2.59. The van der Waals surface area contributed by atoms with Gasteiger partial charge >= 0.3 is 59.7 Å². The maximum Gasteiger partial charge on any atom is 0.348 e. The van der Waals surface area contributed by atoms with Gasteiger partial charge in [0.25, 0.3) is 0 Å². The van der Waals surface area contributed by atoms with Gasteiger partial charge < -0.3 is 71.1 Å². The molecule has 122 heavy (non-hydrogen) atoms. The Hall–Kier alpha value is -13.7. The SMILES string of the molecule is Cc1ccc(S[C@H]2O[C@H](CO[C@H]3O[C@H](CO[C@H]4O[C@H](COC(=O)Cn5cc[n+](C)c5)[C@@H](OC(=O)c5ccccc5)[C@H](OC(=O)c5ccccc5)[C@@H]4OC(=O)c4ccccc4)[C@@H](OC(=O)c4ccccc4)[C@H](OC(=O)c4ccccc4)[C@@H]3OC(=O)c3ccccc3)[C@@H](OC(=O)c3ccccc3)[C@H](OC(=O)c3ccccc3)[C@@H]2OC(=O)c2ccccc2)cc1. The topological polar surface area (TPSA) is 318 Å². The molecule has 4 heterocycles. The summed E-state index contributed by atoms with van der Waals surface area (Å²) in [5.41, 5.74) is -0.640. The molecule has 0 amide bonds. The molecule has 0 saturated carbocycles. The van der Waals surface area contributed by atoms with E-state index in [1.165, 1.54) is 114 Å². The average Bonchev–Trinajstić information content (AvgIpc) is 0.841. The van der Waals surface area contributed by atoms with E-state index in [1.54, 1.807) is 206 Å². The largest absolute Gasteiger partial charge is 0.460 e. The van der Waals surface area contributed by atoms with Gasteiger partial charge in [-0.3, -0.25) is 0 Å². The summed E-state index contributed by atoms with van der Waals surface area (Å²) in [6, 6.07) is 76.6. The Kier molecular flexibility index (Phi) is 28.3. The number of hydrogen-bond acceptors (Lipinski definition) is 26. The van der Waals surface area contributed by atoms with Crippen LogP contribution in [0.25, 0.3) is 0 Å². The third-order valence-corrected chi connectivity index (χ3v) is 20.9. The number of ether oxygens (including phenoxy) is 15. The van der Waals surface area contributed by atoms with Crippen LogP contribution in [0, 0.1) is 6.92 Å². The average molecular weight is 1670 g/mol. The summed E-state index contributed by atoms with van der Waals surface area (Å²) in [5.74, 6) is -9.99. The molecule has 3 saturated heterocycles. The van der Waals surface area contributed by atoms with Gasteiger partial charge in [0, 0.05) is 4.90 Å². The van der Waals surface area contributed by atoms with Gasteiger partial charge in [0.2, 0.25) is 6.33 Å². The van der Waals surface area contributed by atoms with Crippen molar-refractivity contribution in [3.63, 3.8) is 0 Å². The maximum atomic E-state index is 15.2. The lowest BCUT2D eigenvalue weighted by Gasteiger charge is -2.47. The lowest BCUT2D eigenvalue weighted by atomic mass is 9.96. The van der Waals surface area contributed by atoms with Crippen LogP contribution in [0.1, 0.15) is 98.8 Å². The number of aromatic nitrogens is 2. The quantitative estimate of drug-likeness (QED) is 0.0229. The minimum atomic E-state index is -2.12. The van der Waals surface area contributed by atoms with E-state index < -0.39 is 171 Å². The van der Waals surface area contributed by atoms with Crippen LogP contribution in [0.3, 0.4) is 0 Å². The van der Waals surface area contributed by atoms with E-state index in [4.69, 9.17) is 71.1 Å². The lowest BCUT2D eigenvalue weighted by molar-refractivity contribution is -0.671. The smallest absolute Gasteiger partial charge is 0.348 e. The molecular formula is C94H81N2O25S+. The van der Waals surface area contributed by atoms with Gasteiger partial charge in [-0.2, -0.15) is 0 Å². The second-order valence-corrected chi connectivity index (χ2v) is 29.5. The molecule has 11 aromatic rings. The zero-order chi connectivity index (χ0) is 84.9. The number of aryl methyl sites for hydroxylation is 2. The van der Waals surface area contributed by atoms with Gasteiger partial charge in [0.15, 0.2) is 74.1 Å². The van der Waals surface area contributed by atoms with E-state index in [0.717, 1.165) is 17.3 Å². The van der Waals surface area contributed by atoms with Gasteiger partial charge in [-0.25, -0.2) is 57.1 Å². The Morgan fingerprint density at radius 2 is 0.566 bits per heavy atom. The molecule has 3 aliphatic heterocycles. The molecule has 0 bridgehead atoms. The van der Waals surface area contributed by atoms with Crippen molar-refractivity contribution in [1.82, 2.24) is 4.57 Å². The first-order valence-electron chi connectivity index (χ1n) is 38.9. The molecule has 0 unspecified atom stereocenters. The fraction of sp³-hybridized carbons (Fsp3) is 0.223. The molecule has 15 atom stereocenters. The maximum absolute atomic E-state index is 15.2. The Labute approximate surface area is 704 Å². The van der Waals surface area contributed by atoms with E-state index in [1.807, 2.05) is 19.1 Å². The van der Waals surface area contributed by atoms with Gasteiger partial charge in [0.05, 0.1) is 70.3 Å². The summed E-state index contributed by atoms with van der Waals surface area (Å²) in [5, 5.41) is 0. The standard InChI is InChI=1S/C94H81N2O25S/c1-59-48-50-69(51-49-59)122-94-82(121-91(106)68-46-28-11-29-47-68)79(118-88(103)65-40-22-8-23-41-65)76(115-85(100)62-34-16-5-17-35-62)72(112-94)57-109-93-81(120-90(105)67-44-26-10-27-45-67)78(117-87(102)64-38-20-7-21-39-64)75(114-84(99)61-32-14-4-15-33-61)71(111-93)56-108-92-80(119-89(104)66-42-24-9-25-43-66)77(116-86(101)63-36-18-6-19-37-63)74(113-83(98)60-30-12-3-13-31-60)70(110-92)55-107-73(97)54-96-53-52-95(2)58-96/h3-53,58,70-72,74-82,92-94H,54-57H2,1-2H3/q+1/t70-,71-,72-,74-,75-,76-,77+,78+,79+,80+,81+,82+,92+,93+,94-/m1/s1. The number of benzene rings is 10. The highest BCUT2D eigenvalue weighted by Crippen LogP contribution is 2.41. The second kappa shape index (κ2) is 40.8. The van der Waals surface area contributed by atoms with Crippen molar-refractivity contribution < 1.29 is 124 Å². The van der Waals surface area contributed by atoms with Crippen molar-refractivity contribution in [2.75, 3.05) is 19.8 Å². The number of carbonyl (C=O) groups excluding carboxylic acids is 10. The summed E-state index contributed by atoms with van der Waals surface area (Å²) in [6.07, 6.45) is -21.9. The third kappa shape index (κ3) is 21.8. The zero-order valence-corrected chi connectivity index (χ0v) is 66.3. The first-order valence-corrected chi connectivity index (χ1v) is 39.8. The van der Waals surface area contributed by atoms with Gasteiger partial charge in [0.1, 0.15) is 42.7 Å². The minimum Gasteiger partial charge on any atom is -0.460 e. The number of nitrogens with zero attached hydrogens (tertiary/aromatic N) is 2. The van der Waals surface area contributed by atoms with E-state index in [-0.39, 0.29) is 56.6 Å². The Bertz CT molecular complexity index is 5380. The number of thioether (sulfide) groups is 1. The van der Waals surface area contributed by atoms with Crippen molar-refractivity contribution in [2.24, 2.45) is 7.05 Å². The Morgan fingerprint density at radius 3 is 0.852 bits per heavy atom. The van der Waals surface area contributed by atoms with Crippen LogP contribution in [0.4, 0.5) is 0 Å². The molecule has 14 rings (SSSR count). The van der Waals surface area contributed by atoms with Crippen LogP contribution >= 0.6 is 11.8 Å². The lowest BCUT2D eigenvalue weighted by Crippen LogP contribution is -2.65. The predicted octanol–water partition coefficient (Wildman–Crippen LogP) is 12.2. The van der Waals surface area contributed by atoms with Gasteiger partial charge in [-0.15, -0.1) is 0 Å². The first kappa shape index (κ1) is 84.7. The summed E-state index contributed by atoms with van der Waals surface area (Å²) in [4.78, 5) is 149.